The zero-order valence-electron chi connectivity index (χ0n) is 17.9. The number of carbonyl (C=O) groups excluding carboxylic acids is 1. The molecule has 1 amide bonds. The van der Waals surface area contributed by atoms with Crippen molar-refractivity contribution in [3.63, 3.8) is 0 Å². The summed E-state index contributed by atoms with van der Waals surface area (Å²) in [6.45, 7) is 2.27. The molecule has 0 radical (unpaired) electrons. The van der Waals surface area contributed by atoms with Gasteiger partial charge in [0.15, 0.2) is 9.84 Å². The van der Waals surface area contributed by atoms with Crippen LogP contribution in [-0.2, 0) is 27.5 Å². The third-order valence-electron chi connectivity index (χ3n) is 5.65. The maximum atomic E-state index is 13.5. The Balaban J connectivity index is 1.61. The number of aromatic nitrogens is 1. The fourth-order valence-corrected chi connectivity index (χ4v) is 5.43. The number of amides is 1. The number of nitrogens with one attached hydrogen (secondary N) is 2. The van der Waals surface area contributed by atoms with Crippen LogP contribution in [0.2, 0.25) is 0 Å². The maximum absolute atomic E-state index is 13.5. The largest absolute Gasteiger partial charge is 0.361 e. The molecule has 0 aliphatic rings. The van der Waals surface area contributed by atoms with Gasteiger partial charge in [-0.2, -0.15) is 0 Å². The van der Waals surface area contributed by atoms with E-state index in [1.807, 2.05) is 61.5 Å². The van der Waals surface area contributed by atoms with E-state index in [1.165, 1.54) is 0 Å². The molecule has 2 N–H and O–H groups in total. The molecule has 4 aromatic rings. The quantitative estimate of drug-likeness (QED) is 0.425. The monoisotopic (exact) mass is 446 g/mol. The number of rotatable bonds is 8. The van der Waals surface area contributed by atoms with Gasteiger partial charge in [-0.3, -0.25) is 4.79 Å². The molecule has 5 nitrogen and oxygen atoms in total. The zero-order valence-corrected chi connectivity index (χ0v) is 18.7. The van der Waals surface area contributed by atoms with Crippen LogP contribution in [0.3, 0.4) is 0 Å². The molecule has 0 unspecified atom stereocenters. The second kappa shape index (κ2) is 9.40. The van der Waals surface area contributed by atoms with Gasteiger partial charge < -0.3 is 10.3 Å². The second-order valence-corrected chi connectivity index (χ2v) is 10.1. The minimum atomic E-state index is -3.88. The molecule has 0 saturated heterocycles. The van der Waals surface area contributed by atoms with Crippen molar-refractivity contribution in [2.75, 3.05) is 6.54 Å². The van der Waals surface area contributed by atoms with E-state index in [0.717, 1.165) is 27.6 Å². The molecular formula is C26H26N2O3S. The highest BCUT2D eigenvalue weighted by atomic mass is 32.2. The molecular weight excluding hydrogens is 420 g/mol. The Kier molecular flexibility index (Phi) is 6.42. The van der Waals surface area contributed by atoms with E-state index in [9.17, 15) is 13.2 Å². The molecule has 0 fully saturated rings. The fraction of sp³-hybridized carbons (Fsp3) is 0.192. The molecule has 0 spiro atoms. The first-order chi connectivity index (χ1) is 15.4. The summed E-state index contributed by atoms with van der Waals surface area (Å²) in [5, 5.41) is 2.55. The van der Waals surface area contributed by atoms with Gasteiger partial charge in [0.05, 0.1) is 4.90 Å². The number of para-hydroxylation sites is 1. The molecule has 1 atom stereocenters. The topological polar surface area (TPSA) is 79.0 Å². The van der Waals surface area contributed by atoms with Crippen molar-refractivity contribution in [3.05, 3.63) is 102 Å². The van der Waals surface area contributed by atoms with Gasteiger partial charge in [0.1, 0.15) is 5.25 Å². The average molecular weight is 447 g/mol. The summed E-state index contributed by atoms with van der Waals surface area (Å²) in [5.74, 6) is -0.480. The summed E-state index contributed by atoms with van der Waals surface area (Å²) in [7, 11) is -3.88. The lowest BCUT2D eigenvalue weighted by Crippen LogP contribution is -2.42. The summed E-state index contributed by atoms with van der Waals surface area (Å²) in [6, 6.07) is 24.1. The lowest BCUT2D eigenvalue weighted by molar-refractivity contribution is -0.120. The molecule has 0 saturated carbocycles. The molecule has 0 aliphatic heterocycles. The predicted octanol–water partition coefficient (Wildman–Crippen LogP) is 4.22. The number of sulfone groups is 1. The lowest BCUT2D eigenvalue weighted by Gasteiger charge is -2.18. The van der Waals surface area contributed by atoms with Crippen LogP contribution < -0.4 is 5.32 Å². The number of fused-ring (bicyclic) bond motifs is 1. The van der Waals surface area contributed by atoms with Crippen LogP contribution in [0.5, 0.6) is 0 Å². The molecule has 4 rings (SSSR count). The van der Waals surface area contributed by atoms with Gasteiger partial charge in [0.25, 0.3) is 0 Å². The van der Waals surface area contributed by atoms with E-state index in [2.05, 4.69) is 10.3 Å². The first kappa shape index (κ1) is 21.8. The number of benzene rings is 3. The van der Waals surface area contributed by atoms with Gasteiger partial charge in [0, 0.05) is 30.1 Å². The third kappa shape index (κ3) is 4.75. The normalized spacial score (nSPS) is 12.5. The molecule has 1 aromatic heterocycles. The Morgan fingerprint density at radius 3 is 2.38 bits per heavy atom. The molecule has 6 heteroatoms. The van der Waals surface area contributed by atoms with Crippen molar-refractivity contribution in [3.8, 4) is 0 Å². The van der Waals surface area contributed by atoms with Gasteiger partial charge in [-0.1, -0.05) is 66.2 Å². The van der Waals surface area contributed by atoms with Crippen molar-refractivity contribution in [2.45, 2.75) is 29.9 Å². The van der Waals surface area contributed by atoms with E-state index in [1.54, 1.807) is 30.5 Å². The van der Waals surface area contributed by atoms with Gasteiger partial charge in [-0.25, -0.2) is 8.42 Å². The SMILES string of the molecule is Cc1ccc(S(=O)(=O)[C@@H](Cc2c[nH]c3ccccc23)C(=O)NCCc2ccccc2)cc1. The second-order valence-electron chi connectivity index (χ2n) is 7.94. The summed E-state index contributed by atoms with van der Waals surface area (Å²) in [4.78, 5) is 16.5. The van der Waals surface area contributed by atoms with Crippen molar-refractivity contribution in [1.29, 1.82) is 0 Å². The fourth-order valence-electron chi connectivity index (χ4n) is 3.82. The van der Waals surface area contributed by atoms with Crippen molar-refractivity contribution in [2.24, 2.45) is 0 Å². The Morgan fingerprint density at radius 1 is 0.938 bits per heavy atom. The summed E-state index contributed by atoms with van der Waals surface area (Å²) in [5.41, 5.74) is 3.77. The summed E-state index contributed by atoms with van der Waals surface area (Å²) >= 11 is 0. The minimum Gasteiger partial charge on any atom is -0.361 e. The lowest BCUT2D eigenvalue weighted by atomic mass is 10.1. The number of hydrogen-bond donors (Lipinski definition) is 2. The summed E-state index contributed by atoms with van der Waals surface area (Å²) < 4.78 is 27.0. The van der Waals surface area contributed by atoms with E-state index in [4.69, 9.17) is 0 Å². The highest BCUT2D eigenvalue weighted by Gasteiger charge is 2.34. The Morgan fingerprint density at radius 2 is 1.62 bits per heavy atom. The Bertz CT molecular complexity index is 1310. The minimum absolute atomic E-state index is 0.0946. The van der Waals surface area contributed by atoms with Gasteiger partial charge in [-0.15, -0.1) is 0 Å². The number of H-pyrrole nitrogens is 1. The highest BCUT2D eigenvalue weighted by molar-refractivity contribution is 7.92. The first-order valence-corrected chi connectivity index (χ1v) is 12.2. The molecule has 1 heterocycles. The summed E-state index contributed by atoms with van der Waals surface area (Å²) in [6.07, 6.45) is 2.52. The number of aryl methyl sites for hydroxylation is 1. The number of hydrogen-bond acceptors (Lipinski definition) is 3. The van der Waals surface area contributed by atoms with Crippen molar-refractivity contribution < 1.29 is 13.2 Å². The zero-order chi connectivity index (χ0) is 22.6. The van der Waals surface area contributed by atoms with Crippen LogP contribution in [0.1, 0.15) is 16.7 Å². The number of aromatic amines is 1. The molecule has 164 valence electrons. The van der Waals surface area contributed by atoms with Gasteiger partial charge >= 0.3 is 0 Å². The Hall–Kier alpha value is -3.38. The van der Waals surface area contributed by atoms with Crippen molar-refractivity contribution >= 4 is 26.6 Å². The first-order valence-electron chi connectivity index (χ1n) is 10.6. The Labute approximate surface area is 188 Å². The van der Waals surface area contributed by atoms with E-state index >= 15 is 0 Å². The molecule has 3 aromatic carbocycles. The standard InChI is InChI=1S/C26H26N2O3S/c1-19-11-13-22(14-12-19)32(30,31)25(17-21-18-28-24-10-6-5-9-23(21)24)26(29)27-16-15-20-7-3-2-4-8-20/h2-14,18,25,28H,15-17H2,1H3,(H,27,29)/t25-/m0/s1. The highest BCUT2D eigenvalue weighted by Crippen LogP contribution is 2.25. The van der Waals surface area contributed by atoms with Gasteiger partial charge in [0.2, 0.25) is 5.91 Å². The average Bonchev–Trinajstić information content (AvgIpc) is 3.21. The molecule has 0 aliphatic carbocycles. The van der Waals surface area contributed by atoms with Crippen LogP contribution in [0.15, 0.2) is 90.0 Å². The van der Waals surface area contributed by atoms with E-state index in [0.29, 0.717) is 13.0 Å². The predicted molar refractivity (Wildman–Crippen MR) is 127 cm³/mol. The third-order valence-corrected chi connectivity index (χ3v) is 7.71. The molecule has 32 heavy (non-hydrogen) atoms. The number of carbonyl (C=O) groups is 1. The van der Waals surface area contributed by atoms with E-state index < -0.39 is 21.0 Å². The van der Waals surface area contributed by atoms with Crippen LogP contribution in [0.25, 0.3) is 10.9 Å². The van der Waals surface area contributed by atoms with E-state index in [-0.39, 0.29) is 11.3 Å². The van der Waals surface area contributed by atoms with Crippen LogP contribution in [-0.4, -0.2) is 31.1 Å². The molecule has 0 bridgehead atoms. The van der Waals surface area contributed by atoms with Crippen LogP contribution in [0, 0.1) is 6.92 Å². The van der Waals surface area contributed by atoms with Crippen LogP contribution in [0.4, 0.5) is 0 Å². The maximum Gasteiger partial charge on any atom is 0.239 e. The van der Waals surface area contributed by atoms with Gasteiger partial charge in [-0.05, 0) is 42.7 Å². The smallest absolute Gasteiger partial charge is 0.239 e. The van der Waals surface area contributed by atoms with Crippen LogP contribution >= 0.6 is 0 Å². The van der Waals surface area contributed by atoms with Crippen molar-refractivity contribution in [1.82, 2.24) is 10.3 Å².